The molecule has 0 fully saturated rings. The number of benzene rings is 1. The maximum atomic E-state index is 12.6. The van der Waals surface area contributed by atoms with Crippen LogP contribution in [0.25, 0.3) is 0 Å². The van der Waals surface area contributed by atoms with E-state index in [0.717, 1.165) is 49.9 Å². The lowest BCUT2D eigenvalue weighted by Gasteiger charge is -2.19. The van der Waals surface area contributed by atoms with Crippen molar-refractivity contribution in [2.45, 2.75) is 45.3 Å². The van der Waals surface area contributed by atoms with Gasteiger partial charge in [-0.25, -0.2) is 4.98 Å². The Morgan fingerprint density at radius 3 is 2.61 bits per heavy atom. The van der Waals surface area contributed by atoms with Gasteiger partial charge in [0.1, 0.15) is 0 Å². The fraction of sp³-hybridized carbons (Fsp3) is 0.474. The molecule has 1 aromatic heterocycles. The Morgan fingerprint density at radius 1 is 1.13 bits per heavy atom. The molecule has 2 heterocycles. The Bertz CT molecular complexity index is 739. The second kappa shape index (κ2) is 6.28. The lowest BCUT2D eigenvalue weighted by Crippen LogP contribution is -2.31. The highest BCUT2D eigenvalue weighted by Crippen LogP contribution is 2.25. The molecule has 0 saturated carbocycles. The van der Waals surface area contributed by atoms with Gasteiger partial charge in [-0.1, -0.05) is 24.3 Å². The monoisotopic (exact) mass is 310 g/mol. The molecule has 4 heteroatoms. The van der Waals surface area contributed by atoms with Gasteiger partial charge in [-0.15, -0.1) is 0 Å². The van der Waals surface area contributed by atoms with E-state index in [-0.39, 0.29) is 5.56 Å². The quantitative estimate of drug-likeness (QED) is 0.801. The van der Waals surface area contributed by atoms with Crippen LogP contribution in [0.5, 0.6) is 0 Å². The molecule has 0 amide bonds. The molecule has 1 aromatic carbocycles. The van der Waals surface area contributed by atoms with E-state index in [2.05, 4.69) is 29.2 Å². The summed E-state index contributed by atoms with van der Waals surface area (Å²) >= 11 is 0. The number of hydrogen-bond donors (Lipinski definition) is 0. The number of aromatic nitrogens is 2. The molecular weight excluding hydrogens is 288 g/mol. The van der Waals surface area contributed by atoms with Crippen LogP contribution >= 0.6 is 0 Å². The molecule has 0 bridgehead atoms. The smallest absolute Gasteiger partial charge is 0.259 e. The van der Waals surface area contributed by atoms with E-state index in [1.54, 1.807) is 10.9 Å². The molecule has 0 atom stereocenters. The van der Waals surface area contributed by atoms with Crippen LogP contribution in [0.2, 0.25) is 0 Å². The molecule has 2 aromatic rings. The van der Waals surface area contributed by atoms with Gasteiger partial charge in [0.25, 0.3) is 5.56 Å². The Kier molecular flexibility index (Phi) is 4.00. The minimum atomic E-state index is 0.0939. The maximum absolute atomic E-state index is 12.6. The minimum Gasteiger partial charge on any atom is -0.376 e. The first-order valence-corrected chi connectivity index (χ1v) is 8.53. The summed E-state index contributed by atoms with van der Waals surface area (Å²) in [5, 5.41) is 0. The number of ether oxygens (including phenoxy) is 1. The number of rotatable bonds is 2. The van der Waals surface area contributed by atoms with E-state index >= 15 is 0 Å². The van der Waals surface area contributed by atoms with E-state index in [4.69, 9.17) is 4.74 Å². The highest BCUT2D eigenvalue weighted by atomic mass is 16.5. The molecule has 120 valence electrons. The van der Waals surface area contributed by atoms with Crippen LogP contribution in [0.3, 0.4) is 0 Å². The zero-order valence-corrected chi connectivity index (χ0v) is 13.3. The van der Waals surface area contributed by atoms with Crippen molar-refractivity contribution in [2.24, 2.45) is 5.92 Å². The molecule has 0 radical (unpaired) electrons. The highest BCUT2D eigenvalue weighted by Gasteiger charge is 2.20. The summed E-state index contributed by atoms with van der Waals surface area (Å²) < 4.78 is 7.23. The van der Waals surface area contributed by atoms with Crippen LogP contribution in [-0.2, 0) is 37.2 Å². The zero-order chi connectivity index (χ0) is 15.6. The van der Waals surface area contributed by atoms with Crippen molar-refractivity contribution < 1.29 is 4.74 Å². The summed E-state index contributed by atoms with van der Waals surface area (Å²) in [6.45, 7) is 1.86. The van der Waals surface area contributed by atoms with Crippen molar-refractivity contribution in [1.82, 2.24) is 9.55 Å². The lowest BCUT2D eigenvalue weighted by atomic mass is 9.99. The van der Waals surface area contributed by atoms with Crippen molar-refractivity contribution in [3.63, 3.8) is 0 Å². The molecule has 0 spiro atoms. The molecule has 1 aliphatic heterocycles. The van der Waals surface area contributed by atoms with Crippen LogP contribution in [0.4, 0.5) is 0 Å². The summed E-state index contributed by atoms with van der Waals surface area (Å²) in [6, 6.07) is 8.72. The SMILES string of the molecule is O=c1c2c(ncn1CC1CCc3ccccc3CC1)CCOC2. The summed E-state index contributed by atoms with van der Waals surface area (Å²) in [5.41, 5.74) is 4.72. The fourth-order valence-electron chi connectivity index (χ4n) is 3.77. The number of nitrogens with zero attached hydrogens (tertiary/aromatic N) is 2. The van der Waals surface area contributed by atoms with Crippen LogP contribution < -0.4 is 5.56 Å². The lowest BCUT2D eigenvalue weighted by molar-refractivity contribution is 0.107. The highest BCUT2D eigenvalue weighted by molar-refractivity contribution is 5.28. The number of fused-ring (bicyclic) bond motifs is 2. The number of hydrogen-bond acceptors (Lipinski definition) is 3. The Labute approximate surface area is 136 Å². The van der Waals surface area contributed by atoms with Gasteiger partial charge in [-0.05, 0) is 42.7 Å². The molecule has 1 aliphatic carbocycles. The van der Waals surface area contributed by atoms with Gasteiger partial charge in [0, 0.05) is 13.0 Å². The first-order chi connectivity index (χ1) is 11.3. The van der Waals surface area contributed by atoms with Crippen molar-refractivity contribution in [3.05, 3.63) is 63.3 Å². The topological polar surface area (TPSA) is 44.1 Å². The summed E-state index contributed by atoms with van der Waals surface area (Å²) in [4.78, 5) is 17.1. The average molecular weight is 310 g/mol. The van der Waals surface area contributed by atoms with Gasteiger partial charge in [0.15, 0.2) is 0 Å². The zero-order valence-electron chi connectivity index (χ0n) is 13.3. The first-order valence-electron chi connectivity index (χ1n) is 8.53. The van der Waals surface area contributed by atoms with Gasteiger partial charge in [-0.3, -0.25) is 9.36 Å². The third kappa shape index (κ3) is 2.95. The molecule has 2 aliphatic rings. The normalized spacial score (nSPS) is 18.1. The van der Waals surface area contributed by atoms with Crippen molar-refractivity contribution in [2.75, 3.05) is 6.61 Å². The molecule has 4 rings (SSSR count). The van der Waals surface area contributed by atoms with Crippen molar-refractivity contribution >= 4 is 0 Å². The second-order valence-electron chi connectivity index (χ2n) is 6.64. The Balaban J connectivity index is 1.52. The Hall–Kier alpha value is -1.94. The summed E-state index contributed by atoms with van der Waals surface area (Å²) in [7, 11) is 0. The second-order valence-corrected chi connectivity index (χ2v) is 6.64. The van der Waals surface area contributed by atoms with E-state index in [1.165, 1.54) is 11.1 Å². The maximum Gasteiger partial charge on any atom is 0.259 e. The minimum absolute atomic E-state index is 0.0939. The summed E-state index contributed by atoms with van der Waals surface area (Å²) in [5.74, 6) is 0.532. The molecular formula is C19H22N2O2. The third-order valence-electron chi connectivity index (χ3n) is 5.17. The Morgan fingerprint density at radius 2 is 1.87 bits per heavy atom. The van der Waals surface area contributed by atoms with Crippen LogP contribution in [0.15, 0.2) is 35.4 Å². The number of aryl methyl sites for hydroxylation is 2. The van der Waals surface area contributed by atoms with Gasteiger partial charge in [-0.2, -0.15) is 0 Å². The van der Waals surface area contributed by atoms with Gasteiger partial charge < -0.3 is 4.74 Å². The fourth-order valence-corrected chi connectivity index (χ4v) is 3.77. The van der Waals surface area contributed by atoms with Gasteiger partial charge >= 0.3 is 0 Å². The predicted octanol–water partition coefficient (Wildman–Crippen LogP) is 2.51. The van der Waals surface area contributed by atoms with Gasteiger partial charge in [0.2, 0.25) is 0 Å². The van der Waals surface area contributed by atoms with E-state index in [0.29, 0.717) is 19.1 Å². The molecule has 0 saturated heterocycles. The summed E-state index contributed by atoms with van der Waals surface area (Å²) in [6.07, 6.45) is 6.98. The van der Waals surface area contributed by atoms with Crippen LogP contribution in [0, 0.1) is 5.92 Å². The van der Waals surface area contributed by atoms with E-state index < -0.39 is 0 Å². The molecule has 0 unspecified atom stereocenters. The average Bonchev–Trinajstić information content (AvgIpc) is 2.80. The molecule has 23 heavy (non-hydrogen) atoms. The van der Waals surface area contributed by atoms with Crippen LogP contribution in [0.1, 0.15) is 35.2 Å². The van der Waals surface area contributed by atoms with Gasteiger partial charge in [0.05, 0.1) is 30.8 Å². The van der Waals surface area contributed by atoms with E-state index in [9.17, 15) is 4.79 Å². The molecule has 4 nitrogen and oxygen atoms in total. The first kappa shape index (κ1) is 14.6. The predicted molar refractivity (Wildman–Crippen MR) is 88.4 cm³/mol. The molecule has 0 N–H and O–H groups in total. The third-order valence-corrected chi connectivity index (χ3v) is 5.17. The van der Waals surface area contributed by atoms with Crippen LogP contribution in [-0.4, -0.2) is 16.2 Å². The van der Waals surface area contributed by atoms with E-state index in [1.807, 2.05) is 0 Å². The standard InChI is InChI=1S/C19H22N2O2/c22-19-17-12-23-10-9-18(17)20-13-21(19)11-14-5-7-15-3-1-2-4-16(15)8-6-14/h1-4,13-14H,5-12H2. The van der Waals surface area contributed by atoms with Crippen molar-refractivity contribution in [1.29, 1.82) is 0 Å². The van der Waals surface area contributed by atoms with Crippen molar-refractivity contribution in [3.8, 4) is 0 Å². The largest absolute Gasteiger partial charge is 0.376 e.